The van der Waals surface area contributed by atoms with Crippen molar-refractivity contribution >= 4 is 22.9 Å². The lowest BCUT2D eigenvalue weighted by atomic mass is 10.0. The Balaban J connectivity index is 1.95. The molecule has 1 amide bonds. The summed E-state index contributed by atoms with van der Waals surface area (Å²) in [5.41, 5.74) is 1.55. The van der Waals surface area contributed by atoms with Crippen LogP contribution >= 0.6 is 0 Å². The fraction of sp³-hybridized carbons (Fsp3) is 0. The number of amides is 1. The number of rotatable bonds is 2. The van der Waals surface area contributed by atoms with E-state index in [-0.39, 0.29) is 5.91 Å². The maximum absolute atomic E-state index is 12.2. The molecule has 0 unspecified atom stereocenters. The van der Waals surface area contributed by atoms with Gasteiger partial charge in [0.2, 0.25) is 0 Å². The summed E-state index contributed by atoms with van der Waals surface area (Å²) in [6.07, 6.45) is 1.60. The molecule has 0 aromatic heterocycles. The van der Waals surface area contributed by atoms with Gasteiger partial charge in [0.05, 0.1) is 0 Å². The molecule has 0 saturated heterocycles. The minimum Gasteiger partial charge on any atom is -0.267 e. The van der Waals surface area contributed by atoms with E-state index in [1.54, 1.807) is 6.21 Å². The van der Waals surface area contributed by atoms with Gasteiger partial charge in [-0.15, -0.1) is 0 Å². The van der Waals surface area contributed by atoms with E-state index in [0.717, 1.165) is 16.3 Å². The fourth-order valence-corrected chi connectivity index (χ4v) is 2.15. The molecule has 3 rings (SSSR count). The summed E-state index contributed by atoms with van der Waals surface area (Å²) < 4.78 is 0. The average molecular weight is 259 g/mol. The molecule has 96 valence electrons. The molecule has 0 N–H and O–H groups in total. The van der Waals surface area contributed by atoms with Crippen LogP contribution < -0.4 is 0 Å². The Labute approximate surface area is 117 Å². The Morgan fingerprint density at radius 2 is 1.50 bits per heavy atom. The van der Waals surface area contributed by atoms with Crippen LogP contribution in [0.5, 0.6) is 0 Å². The molecular weight excluding hydrogens is 246 g/mol. The van der Waals surface area contributed by atoms with Gasteiger partial charge in [0.15, 0.2) is 0 Å². The van der Waals surface area contributed by atoms with E-state index in [9.17, 15) is 4.79 Å². The summed E-state index contributed by atoms with van der Waals surface area (Å²) in [7, 11) is 0. The van der Waals surface area contributed by atoms with Gasteiger partial charge < -0.3 is 0 Å². The Hall–Kier alpha value is -2.74. The first-order valence-electron chi connectivity index (χ1n) is 6.46. The third-order valence-electron chi connectivity index (χ3n) is 3.15. The second-order valence-corrected chi connectivity index (χ2v) is 4.50. The molecule has 0 atom stereocenters. The Bertz CT molecular complexity index is 770. The summed E-state index contributed by atoms with van der Waals surface area (Å²) >= 11 is 0. The molecule has 0 heterocycles. The quantitative estimate of drug-likeness (QED) is 0.637. The van der Waals surface area contributed by atoms with E-state index >= 15 is 0 Å². The van der Waals surface area contributed by atoms with Gasteiger partial charge >= 0.3 is 0 Å². The predicted octanol–water partition coefficient (Wildman–Crippen LogP) is 4.10. The first kappa shape index (κ1) is 12.3. The van der Waals surface area contributed by atoms with Gasteiger partial charge in [0.25, 0.3) is 5.91 Å². The number of carbonyl (C=O) groups is 1. The number of benzene rings is 3. The molecule has 0 aliphatic carbocycles. The van der Waals surface area contributed by atoms with Crippen LogP contribution in [0, 0.1) is 0 Å². The van der Waals surface area contributed by atoms with Crippen LogP contribution in [0.4, 0.5) is 0 Å². The van der Waals surface area contributed by atoms with E-state index in [2.05, 4.69) is 4.99 Å². The van der Waals surface area contributed by atoms with Crippen molar-refractivity contribution in [3.8, 4) is 0 Å². The number of aliphatic imine (C=N–C) groups is 1. The SMILES string of the molecule is O=C(N=Cc1ccccc1)c1cccc2ccccc12. The minimum atomic E-state index is -0.217. The third-order valence-corrected chi connectivity index (χ3v) is 3.15. The molecule has 0 radical (unpaired) electrons. The molecule has 0 aliphatic heterocycles. The maximum Gasteiger partial charge on any atom is 0.277 e. The van der Waals surface area contributed by atoms with E-state index in [4.69, 9.17) is 0 Å². The molecule has 2 nitrogen and oxygen atoms in total. The standard InChI is InChI=1S/C18H13NO/c20-18(19-13-14-7-2-1-3-8-14)17-12-6-10-15-9-4-5-11-16(15)17/h1-13H. The van der Waals surface area contributed by atoms with Gasteiger partial charge in [-0.2, -0.15) is 0 Å². The van der Waals surface area contributed by atoms with Crippen LogP contribution in [0.2, 0.25) is 0 Å². The molecule has 3 aromatic carbocycles. The van der Waals surface area contributed by atoms with Crippen LogP contribution in [0.1, 0.15) is 15.9 Å². The molecule has 0 saturated carbocycles. The van der Waals surface area contributed by atoms with Crippen LogP contribution in [0.15, 0.2) is 77.8 Å². The Morgan fingerprint density at radius 3 is 2.35 bits per heavy atom. The van der Waals surface area contributed by atoms with Gasteiger partial charge in [0, 0.05) is 11.8 Å². The molecule has 20 heavy (non-hydrogen) atoms. The highest BCUT2D eigenvalue weighted by Gasteiger charge is 2.07. The third kappa shape index (κ3) is 2.50. The Kier molecular flexibility index (Phi) is 3.38. The molecule has 0 spiro atoms. The van der Waals surface area contributed by atoms with Crippen molar-refractivity contribution in [1.82, 2.24) is 0 Å². The van der Waals surface area contributed by atoms with Crippen molar-refractivity contribution in [2.24, 2.45) is 4.99 Å². The van der Waals surface area contributed by atoms with E-state index in [0.29, 0.717) is 5.56 Å². The number of fused-ring (bicyclic) bond motifs is 1. The Morgan fingerprint density at radius 1 is 0.800 bits per heavy atom. The lowest BCUT2D eigenvalue weighted by Crippen LogP contribution is -1.97. The second-order valence-electron chi connectivity index (χ2n) is 4.50. The summed E-state index contributed by atoms with van der Waals surface area (Å²) in [5, 5.41) is 1.98. The maximum atomic E-state index is 12.2. The lowest BCUT2D eigenvalue weighted by Gasteiger charge is -2.02. The van der Waals surface area contributed by atoms with Crippen molar-refractivity contribution < 1.29 is 4.79 Å². The van der Waals surface area contributed by atoms with Crippen LogP contribution in [0.3, 0.4) is 0 Å². The summed E-state index contributed by atoms with van der Waals surface area (Å²) in [6.45, 7) is 0. The zero-order valence-electron chi connectivity index (χ0n) is 10.9. The fourth-order valence-electron chi connectivity index (χ4n) is 2.15. The molecule has 0 aliphatic rings. The van der Waals surface area contributed by atoms with Gasteiger partial charge in [0.1, 0.15) is 0 Å². The molecule has 0 bridgehead atoms. The van der Waals surface area contributed by atoms with Crippen molar-refractivity contribution in [2.45, 2.75) is 0 Å². The van der Waals surface area contributed by atoms with Gasteiger partial charge in [-0.05, 0) is 22.4 Å². The highest BCUT2D eigenvalue weighted by molar-refractivity contribution is 6.10. The van der Waals surface area contributed by atoms with Crippen molar-refractivity contribution in [2.75, 3.05) is 0 Å². The molecule has 2 heteroatoms. The largest absolute Gasteiger partial charge is 0.277 e. The van der Waals surface area contributed by atoms with Crippen molar-refractivity contribution in [3.63, 3.8) is 0 Å². The van der Waals surface area contributed by atoms with E-state index in [1.807, 2.05) is 72.8 Å². The number of carbonyl (C=O) groups excluding carboxylic acids is 1. The average Bonchev–Trinajstić information content (AvgIpc) is 2.53. The number of hydrogen-bond donors (Lipinski definition) is 0. The predicted molar refractivity (Wildman–Crippen MR) is 82.3 cm³/mol. The molecular formula is C18H13NO. The van der Waals surface area contributed by atoms with Crippen molar-refractivity contribution in [1.29, 1.82) is 0 Å². The van der Waals surface area contributed by atoms with Crippen molar-refractivity contribution in [3.05, 3.63) is 83.9 Å². The number of hydrogen-bond acceptors (Lipinski definition) is 1. The summed E-state index contributed by atoms with van der Waals surface area (Å²) in [4.78, 5) is 16.3. The smallest absolute Gasteiger partial charge is 0.267 e. The van der Waals surface area contributed by atoms with Gasteiger partial charge in [-0.3, -0.25) is 4.79 Å². The second kappa shape index (κ2) is 5.49. The first-order valence-corrected chi connectivity index (χ1v) is 6.46. The number of nitrogens with zero attached hydrogens (tertiary/aromatic N) is 1. The molecule has 0 fully saturated rings. The van der Waals surface area contributed by atoms with E-state index in [1.165, 1.54) is 0 Å². The highest BCUT2D eigenvalue weighted by atomic mass is 16.1. The topological polar surface area (TPSA) is 29.4 Å². The van der Waals surface area contributed by atoms with Gasteiger partial charge in [-0.1, -0.05) is 66.7 Å². The van der Waals surface area contributed by atoms with Gasteiger partial charge in [-0.25, -0.2) is 4.99 Å². The monoisotopic (exact) mass is 259 g/mol. The summed E-state index contributed by atoms with van der Waals surface area (Å²) in [6, 6.07) is 23.1. The van der Waals surface area contributed by atoms with E-state index < -0.39 is 0 Å². The zero-order valence-corrected chi connectivity index (χ0v) is 10.9. The molecule has 3 aromatic rings. The summed E-state index contributed by atoms with van der Waals surface area (Å²) in [5.74, 6) is -0.217. The normalized spacial score (nSPS) is 11.0. The lowest BCUT2D eigenvalue weighted by molar-refractivity contribution is 0.100. The minimum absolute atomic E-state index is 0.217. The van der Waals surface area contributed by atoms with Crippen LogP contribution in [-0.2, 0) is 0 Å². The van der Waals surface area contributed by atoms with Crippen LogP contribution in [-0.4, -0.2) is 12.1 Å². The highest BCUT2D eigenvalue weighted by Crippen LogP contribution is 2.19. The van der Waals surface area contributed by atoms with Crippen LogP contribution in [0.25, 0.3) is 10.8 Å². The zero-order chi connectivity index (χ0) is 13.8. The first-order chi connectivity index (χ1) is 9.84.